The number of ether oxygens (including phenoxy) is 2. The Balaban J connectivity index is 4.31. The molecule has 0 aliphatic heterocycles. The topological polar surface area (TPSA) is 111 Å². The summed E-state index contributed by atoms with van der Waals surface area (Å²) in [5, 5.41) is 0. The molecule has 0 radical (unpaired) electrons. The number of hydrogen-bond acceptors (Lipinski definition) is 8. The number of unbranched alkanes of at least 4 members (excludes halogenated alkanes) is 21. The molecule has 0 heterocycles. The molecule has 0 aliphatic carbocycles. The van der Waals surface area contributed by atoms with E-state index in [1.807, 2.05) is 21.1 Å². The second kappa shape index (κ2) is 36.1. The third-order valence-electron chi connectivity index (χ3n) is 9.22. The minimum atomic E-state index is -4.62. The fourth-order valence-corrected chi connectivity index (χ4v) is 6.53. The molecule has 312 valence electrons. The van der Waals surface area contributed by atoms with Gasteiger partial charge in [0.15, 0.2) is 6.10 Å². The first-order valence-electron chi connectivity index (χ1n) is 21.5. The first-order chi connectivity index (χ1) is 25.5. The number of hydrogen-bond donors (Lipinski definition) is 0. The van der Waals surface area contributed by atoms with Gasteiger partial charge < -0.3 is 27.9 Å². The maximum Gasteiger partial charge on any atom is 0.306 e. The van der Waals surface area contributed by atoms with Crippen molar-refractivity contribution in [1.29, 1.82) is 0 Å². The molecular formula is C43H82NO8P. The second-order valence-electron chi connectivity index (χ2n) is 15.7. The molecule has 0 aliphatic rings. The van der Waals surface area contributed by atoms with Gasteiger partial charge in [0.25, 0.3) is 7.82 Å². The van der Waals surface area contributed by atoms with Crippen LogP contribution in [0.2, 0.25) is 0 Å². The average molecular weight is 772 g/mol. The third kappa shape index (κ3) is 40.0. The zero-order valence-electron chi connectivity index (χ0n) is 35.0. The van der Waals surface area contributed by atoms with Crippen molar-refractivity contribution in [2.24, 2.45) is 0 Å². The van der Waals surface area contributed by atoms with Crippen LogP contribution >= 0.6 is 7.82 Å². The SMILES string of the molecule is CCCCC/C=C/C/C=C/CCCCCCCCCCCC(=O)O[C@H](COC(=O)CCCCCCCCCCCC)COP(=O)([O-])OCC[N+](C)(C)C. The quantitative estimate of drug-likeness (QED) is 0.0200. The summed E-state index contributed by atoms with van der Waals surface area (Å²) in [5.41, 5.74) is 0. The van der Waals surface area contributed by atoms with Gasteiger partial charge >= 0.3 is 11.9 Å². The Labute approximate surface area is 326 Å². The van der Waals surface area contributed by atoms with E-state index >= 15 is 0 Å². The molecular weight excluding hydrogens is 689 g/mol. The number of rotatable bonds is 39. The Kier molecular flexibility index (Phi) is 35.1. The predicted octanol–water partition coefficient (Wildman–Crippen LogP) is 11.3. The minimum Gasteiger partial charge on any atom is -0.756 e. The van der Waals surface area contributed by atoms with Gasteiger partial charge in [0.05, 0.1) is 27.7 Å². The Morgan fingerprint density at radius 2 is 1.02 bits per heavy atom. The van der Waals surface area contributed by atoms with Gasteiger partial charge in [-0.05, 0) is 44.9 Å². The standard InChI is InChI=1S/C43H82NO8P/c1-6-8-10-12-14-16-18-19-20-21-22-23-24-25-26-28-30-32-34-36-43(46)52-41(40-51-53(47,48)50-38-37-44(3,4)5)39-49-42(45)35-33-31-29-27-17-15-13-11-9-7-2/h14,16,19-20,41H,6-13,15,17-18,21-40H2,1-5H3/b16-14+,20-19+/t41-/m1/s1. The highest BCUT2D eigenvalue weighted by molar-refractivity contribution is 7.45. The molecule has 0 aromatic heterocycles. The molecule has 2 atom stereocenters. The summed E-state index contributed by atoms with van der Waals surface area (Å²) in [7, 11) is 1.17. The Hall–Kier alpha value is -1.51. The van der Waals surface area contributed by atoms with E-state index in [9.17, 15) is 19.0 Å². The minimum absolute atomic E-state index is 0.0300. The number of phosphoric acid groups is 1. The molecule has 0 spiro atoms. The lowest BCUT2D eigenvalue weighted by Crippen LogP contribution is -2.37. The van der Waals surface area contributed by atoms with E-state index in [1.165, 1.54) is 103 Å². The van der Waals surface area contributed by atoms with Gasteiger partial charge in [-0.3, -0.25) is 14.2 Å². The van der Waals surface area contributed by atoms with Crippen LogP contribution in [0.3, 0.4) is 0 Å². The summed E-state index contributed by atoms with van der Waals surface area (Å²) in [4.78, 5) is 37.4. The first kappa shape index (κ1) is 51.5. The van der Waals surface area contributed by atoms with Crippen molar-refractivity contribution in [3.05, 3.63) is 24.3 Å². The summed E-state index contributed by atoms with van der Waals surface area (Å²) >= 11 is 0. The lowest BCUT2D eigenvalue weighted by atomic mass is 10.1. The molecule has 0 saturated carbocycles. The van der Waals surface area contributed by atoms with E-state index in [1.54, 1.807) is 0 Å². The molecule has 0 fully saturated rings. The van der Waals surface area contributed by atoms with Crippen LogP contribution in [-0.4, -0.2) is 70.0 Å². The predicted molar refractivity (Wildman–Crippen MR) is 218 cm³/mol. The highest BCUT2D eigenvalue weighted by Gasteiger charge is 2.21. The summed E-state index contributed by atoms with van der Waals surface area (Å²) < 4.78 is 33.8. The van der Waals surface area contributed by atoms with E-state index in [2.05, 4.69) is 38.2 Å². The average Bonchev–Trinajstić information content (AvgIpc) is 3.10. The summed E-state index contributed by atoms with van der Waals surface area (Å²) in [6.07, 6.45) is 37.7. The number of quaternary nitrogens is 1. The van der Waals surface area contributed by atoms with Crippen molar-refractivity contribution >= 4 is 19.8 Å². The monoisotopic (exact) mass is 772 g/mol. The Morgan fingerprint density at radius 3 is 1.53 bits per heavy atom. The Morgan fingerprint density at radius 1 is 0.585 bits per heavy atom. The maximum atomic E-state index is 12.7. The van der Waals surface area contributed by atoms with Crippen LogP contribution in [0.5, 0.6) is 0 Å². The Bertz CT molecular complexity index is 964. The number of esters is 2. The van der Waals surface area contributed by atoms with Gasteiger partial charge in [-0.1, -0.05) is 154 Å². The molecule has 10 heteroatoms. The number of allylic oxidation sites excluding steroid dienone is 4. The van der Waals surface area contributed by atoms with Crippen LogP contribution in [0, 0.1) is 0 Å². The summed E-state index contributed by atoms with van der Waals surface area (Å²) in [5.74, 6) is -0.837. The lowest BCUT2D eigenvalue weighted by molar-refractivity contribution is -0.870. The van der Waals surface area contributed by atoms with E-state index in [0.29, 0.717) is 17.4 Å². The van der Waals surface area contributed by atoms with E-state index in [4.69, 9.17) is 18.5 Å². The molecule has 0 aromatic rings. The highest BCUT2D eigenvalue weighted by atomic mass is 31.2. The zero-order chi connectivity index (χ0) is 39.3. The van der Waals surface area contributed by atoms with E-state index in [0.717, 1.165) is 51.4 Å². The van der Waals surface area contributed by atoms with Gasteiger partial charge in [0.1, 0.15) is 19.8 Å². The fraction of sp³-hybridized carbons (Fsp3) is 0.860. The number of carbonyl (C=O) groups excluding carboxylic acids is 2. The molecule has 0 amide bonds. The number of carbonyl (C=O) groups is 2. The third-order valence-corrected chi connectivity index (χ3v) is 10.2. The molecule has 0 rings (SSSR count). The van der Waals surface area contributed by atoms with E-state index < -0.39 is 26.5 Å². The lowest BCUT2D eigenvalue weighted by Gasteiger charge is -2.28. The molecule has 0 saturated heterocycles. The van der Waals surface area contributed by atoms with Gasteiger partial charge in [-0.25, -0.2) is 0 Å². The number of likely N-dealkylation sites (N-methyl/N-ethyl adjacent to an activating group) is 1. The molecule has 0 bridgehead atoms. The van der Waals surface area contributed by atoms with Crippen LogP contribution in [0.4, 0.5) is 0 Å². The van der Waals surface area contributed by atoms with Gasteiger partial charge in [-0.15, -0.1) is 0 Å². The first-order valence-corrected chi connectivity index (χ1v) is 23.0. The van der Waals surface area contributed by atoms with Crippen LogP contribution < -0.4 is 4.89 Å². The summed E-state index contributed by atoms with van der Waals surface area (Å²) in [6, 6.07) is 0. The molecule has 53 heavy (non-hydrogen) atoms. The van der Waals surface area contributed by atoms with Crippen LogP contribution in [0.1, 0.15) is 187 Å². The molecule has 1 unspecified atom stereocenters. The van der Waals surface area contributed by atoms with Crippen molar-refractivity contribution in [1.82, 2.24) is 0 Å². The maximum absolute atomic E-state index is 12.7. The second-order valence-corrected chi connectivity index (χ2v) is 17.1. The highest BCUT2D eigenvalue weighted by Crippen LogP contribution is 2.38. The van der Waals surface area contributed by atoms with Crippen molar-refractivity contribution in [3.8, 4) is 0 Å². The van der Waals surface area contributed by atoms with Crippen molar-refractivity contribution in [2.75, 3.05) is 47.5 Å². The largest absolute Gasteiger partial charge is 0.756 e. The van der Waals surface area contributed by atoms with Crippen LogP contribution in [-0.2, 0) is 32.7 Å². The molecule has 9 nitrogen and oxygen atoms in total. The number of nitrogens with zero attached hydrogens (tertiary/aromatic N) is 1. The summed E-state index contributed by atoms with van der Waals surface area (Å²) in [6.45, 7) is 4.19. The zero-order valence-corrected chi connectivity index (χ0v) is 35.9. The van der Waals surface area contributed by atoms with Crippen LogP contribution in [0.25, 0.3) is 0 Å². The molecule has 0 aromatic carbocycles. The fourth-order valence-electron chi connectivity index (χ4n) is 5.80. The van der Waals surface area contributed by atoms with Crippen molar-refractivity contribution in [2.45, 2.75) is 193 Å². The normalized spacial score (nSPS) is 13.8. The van der Waals surface area contributed by atoms with Gasteiger partial charge in [0.2, 0.25) is 0 Å². The van der Waals surface area contributed by atoms with Crippen molar-refractivity contribution < 1.29 is 42.1 Å². The molecule has 0 N–H and O–H groups in total. The van der Waals surface area contributed by atoms with Crippen molar-refractivity contribution in [3.63, 3.8) is 0 Å². The van der Waals surface area contributed by atoms with E-state index in [-0.39, 0.29) is 32.0 Å². The van der Waals surface area contributed by atoms with Gasteiger partial charge in [0, 0.05) is 12.8 Å². The smallest absolute Gasteiger partial charge is 0.306 e. The number of phosphoric ester groups is 1. The van der Waals surface area contributed by atoms with Gasteiger partial charge in [-0.2, -0.15) is 0 Å². The van der Waals surface area contributed by atoms with Crippen LogP contribution in [0.15, 0.2) is 24.3 Å².